The van der Waals surface area contributed by atoms with E-state index in [0.29, 0.717) is 29.7 Å². The summed E-state index contributed by atoms with van der Waals surface area (Å²) in [5.74, 6) is -0.244. The highest BCUT2D eigenvalue weighted by Gasteiger charge is 2.09. The number of benzene rings is 2. The molecule has 2 aromatic carbocycles. The molecule has 2 rings (SSSR count). The monoisotopic (exact) mass is 321 g/mol. The smallest absolute Gasteiger partial charge is 0.251 e. The van der Waals surface area contributed by atoms with E-state index in [1.165, 1.54) is 0 Å². The Morgan fingerprint density at radius 2 is 1.83 bits per heavy atom. The van der Waals surface area contributed by atoms with E-state index in [1.54, 1.807) is 37.4 Å². The first-order chi connectivity index (χ1) is 11.5. The summed E-state index contributed by atoms with van der Waals surface area (Å²) in [5, 5.41) is 14.2. The summed E-state index contributed by atoms with van der Waals surface area (Å²) < 4.78 is 0. The number of nitrogens with one attached hydrogen (secondary N) is 2. The third kappa shape index (κ3) is 4.43. The van der Waals surface area contributed by atoms with Crippen molar-refractivity contribution in [2.45, 2.75) is 19.8 Å². The number of anilines is 1. The summed E-state index contributed by atoms with van der Waals surface area (Å²) in [4.78, 5) is 23.7. The summed E-state index contributed by atoms with van der Waals surface area (Å²) in [5.41, 5.74) is 3.71. The lowest BCUT2D eigenvalue weighted by Crippen LogP contribution is -2.18. The number of hydrogen-bond acceptors (Lipinski definition) is 3. The van der Waals surface area contributed by atoms with Crippen LogP contribution in [0.3, 0.4) is 0 Å². The van der Waals surface area contributed by atoms with Crippen molar-refractivity contribution in [2.24, 2.45) is 0 Å². The van der Waals surface area contributed by atoms with Gasteiger partial charge in [0.2, 0.25) is 5.91 Å². The van der Waals surface area contributed by atoms with Crippen molar-refractivity contribution in [1.29, 1.82) is 5.26 Å². The number of rotatable bonds is 5. The number of nitriles is 1. The summed E-state index contributed by atoms with van der Waals surface area (Å²) in [6.45, 7) is 1.85. The fraction of sp³-hybridized carbons (Fsp3) is 0.211. The van der Waals surface area contributed by atoms with Crippen LogP contribution in [-0.2, 0) is 11.2 Å². The van der Waals surface area contributed by atoms with Gasteiger partial charge in [-0.25, -0.2) is 0 Å². The molecule has 0 aromatic heterocycles. The minimum Gasteiger partial charge on any atom is -0.355 e. The quantitative estimate of drug-likeness (QED) is 0.888. The van der Waals surface area contributed by atoms with E-state index in [4.69, 9.17) is 5.26 Å². The third-order valence-electron chi connectivity index (χ3n) is 3.71. The van der Waals surface area contributed by atoms with Gasteiger partial charge in [0.05, 0.1) is 11.6 Å². The molecule has 0 atom stereocenters. The second-order valence-corrected chi connectivity index (χ2v) is 5.47. The molecule has 5 nitrogen and oxygen atoms in total. The van der Waals surface area contributed by atoms with Gasteiger partial charge < -0.3 is 10.6 Å². The van der Waals surface area contributed by atoms with Crippen LogP contribution in [0.25, 0.3) is 0 Å². The molecule has 0 saturated heterocycles. The maximum absolute atomic E-state index is 12.1. The summed E-state index contributed by atoms with van der Waals surface area (Å²) >= 11 is 0. The van der Waals surface area contributed by atoms with Crippen molar-refractivity contribution in [3.63, 3.8) is 0 Å². The average Bonchev–Trinajstić information content (AvgIpc) is 2.61. The molecule has 0 fully saturated rings. The molecule has 0 spiro atoms. The van der Waals surface area contributed by atoms with Crippen molar-refractivity contribution < 1.29 is 9.59 Å². The van der Waals surface area contributed by atoms with Crippen LogP contribution in [0.2, 0.25) is 0 Å². The van der Waals surface area contributed by atoms with Gasteiger partial charge >= 0.3 is 0 Å². The van der Waals surface area contributed by atoms with Crippen LogP contribution < -0.4 is 10.6 Å². The Morgan fingerprint density at radius 3 is 2.42 bits per heavy atom. The Kier molecular flexibility index (Phi) is 5.69. The summed E-state index contributed by atoms with van der Waals surface area (Å²) in [6, 6.07) is 14.4. The first kappa shape index (κ1) is 17.2. The van der Waals surface area contributed by atoms with E-state index in [-0.39, 0.29) is 11.8 Å². The lowest BCUT2D eigenvalue weighted by atomic mass is 10.1. The summed E-state index contributed by atoms with van der Waals surface area (Å²) in [7, 11) is 1.58. The first-order valence-electron chi connectivity index (χ1n) is 7.65. The molecule has 0 radical (unpaired) electrons. The second kappa shape index (κ2) is 7.93. The van der Waals surface area contributed by atoms with Gasteiger partial charge in [0.1, 0.15) is 0 Å². The molecule has 0 unspecified atom stereocenters. The molecule has 5 heteroatoms. The van der Waals surface area contributed by atoms with Crippen LogP contribution in [-0.4, -0.2) is 18.9 Å². The largest absolute Gasteiger partial charge is 0.355 e. The Hall–Kier alpha value is -3.13. The lowest BCUT2D eigenvalue weighted by molar-refractivity contribution is -0.116. The van der Waals surface area contributed by atoms with E-state index < -0.39 is 0 Å². The van der Waals surface area contributed by atoms with E-state index in [0.717, 1.165) is 11.1 Å². The van der Waals surface area contributed by atoms with Gasteiger partial charge in [0.25, 0.3) is 5.91 Å². The topological polar surface area (TPSA) is 82.0 Å². The molecular weight excluding hydrogens is 302 g/mol. The van der Waals surface area contributed by atoms with Crippen LogP contribution in [0, 0.1) is 18.3 Å². The molecule has 24 heavy (non-hydrogen) atoms. The molecular formula is C19H19N3O2. The minimum absolute atomic E-state index is 0.0878. The number of carbonyl (C=O) groups excluding carboxylic acids is 2. The summed E-state index contributed by atoms with van der Waals surface area (Å²) in [6.07, 6.45) is 0.954. The lowest BCUT2D eigenvalue weighted by Gasteiger charge is -2.10. The van der Waals surface area contributed by atoms with E-state index in [1.807, 2.05) is 19.1 Å². The number of nitrogens with zero attached hydrogens (tertiary/aromatic N) is 1. The molecule has 122 valence electrons. The molecule has 0 aliphatic heterocycles. The SMILES string of the molecule is CNC(=O)c1ccc(NC(=O)CCc2ccc(C#N)cc2)c(C)c1. The van der Waals surface area contributed by atoms with Gasteiger partial charge in [0, 0.05) is 24.7 Å². The zero-order chi connectivity index (χ0) is 17.5. The Bertz CT molecular complexity index is 789. The van der Waals surface area contributed by atoms with Crippen molar-refractivity contribution in [3.8, 4) is 6.07 Å². The normalized spacial score (nSPS) is 9.88. The molecule has 2 N–H and O–H groups in total. The molecule has 2 aromatic rings. The van der Waals surface area contributed by atoms with E-state index in [9.17, 15) is 9.59 Å². The highest BCUT2D eigenvalue weighted by molar-refractivity contribution is 5.96. The number of aryl methyl sites for hydroxylation is 2. The third-order valence-corrected chi connectivity index (χ3v) is 3.71. The predicted molar refractivity (Wildman–Crippen MR) is 92.7 cm³/mol. The Balaban J connectivity index is 1.94. The standard InChI is InChI=1S/C19H19N3O2/c1-13-11-16(19(24)21-2)8-9-17(13)22-18(23)10-7-14-3-5-15(12-20)6-4-14/h3-6,8-9,11H,7,10H2,1-2H3,(H,21,24)(H,22,23). The van der Waals surface area contributed by atoms with Crippen LogP contribution in [0.1, 0.15) is 33.5 Å². The highest BCUT2D eigenvalue weighted by atomic mass is 16.2. The van der Waals surface area contributed by atoms with Crippen LogP contribution in [0.4, 0.5) is 5.69 Å². The van der Waals surface area contributed by atoms with Gasteiger partial charge in [0.15, 0.2) is 0 Å². The van der Waals surface area contributed by atoms with Crippen molar-refractivity contribution in [1.82, 2.24) is 5.32 Å². The van der Waals surface area contributed by atoms with Gasteiger partial charge in [-0.05, 0) is 54.8 Å². The Labute approximate surface area is 141 Å². The number of hydrogen-bond donors (Lipinski definition) is 2. The number of amides is 2. The molecule has 2 amide bonds. The predicted octanol–water partition coefficient (Wildman–Crippen LogP) is 2.80. The van der Waals surface area contributed by atoms with Crippen LogP contribution in [0.15, 0.2) is 42.5 Å². The van der Waals surface area contributed by atoms with E-state index in [2.05, 4.69) is 16.7 Å². The van der Waals surface area contributed by atoms with Gasteiger partial charge in [-0.15, -0.1) is 0 Å². The van der Waals surface area contributed by atoms with Crippen molar-refractivity contribution in [3.05, 3.63) is 64.7 Å². The number of carbonyl (C=O) groups is 2. The molecule has 0 bridgehead atoms. The van der Waals surface area contributed by atoms with Gasteiger partial charge in [-0.2, -0.15) is 5.26 Å². The highest BCUT2D eigenvalue weighted by Crippen LogP contribution is 2.17. The fourth-order valence-corrected chi connectivity index (χ4v) is 2.31. The minimum atomic E-state index is -0.156. The zero-order valence-corrected chi connectivity index (χ0v) is 13.7. The maximum atomic E-state index is 12.1. The van der Waals surface area contributed by atoms with Gasteiger partial charge in [-0.3, -0.25) is 9.59 Å². The van der Waals surface area contributed by atoms with Crippen molar-refractivity contribution in [2.75, 3.05) is 12.4 Å². The van der Waals surface area contributed by atoms with Crippen LogP contribution in [0.5, 0.6) is 0 Å². The molecule has 0 saturated carbocycles. The van der Waals surface area contributed by atoms with E-state index >= 15 is 0 Å². The molecule has 0 aliphatic rings. The van der Waals surface area contributed by atoms with Gasteiger partial charge in [-0.1, -0.05) is 12.1 Å². The van der Waals surface area contributed by atoms with Crippen molar-refractivity contribution >= 4 is 17.5 Å². The second-order valence-electron chi connectivity index (χ2n) is 5.47. The maximum Gasteiger partial charge on any atom is 0.251 e. The first-order valence-corrected chi connectivity index (χ1v) is 7.65. The molecule has 0 heterocycles. The molecule has 0 aliphatic carbocycles. The zero-order valence-electron chi connectivity index (χ0n) is 13.7. The fourth-order valence-electron chi connectivity index (χ4n) is 2.31. The Morgan fingerprint density at radius 1 is 1.12 bits per heavy atom. The average molecular weight is 321 g/mol. The van der Waals surface area contributed by atoms with Crippen LogP contribution >= 0.6 is 0 Å².